The van der Waals surface area contributed by atoms with E-state index in [1.165, 1.54) is 0 Å². The lowest BCUT2D eigenvalue weighted by Gasteiger charge is -2.22. The van der Waals surface area contributed by atoms with E-state index in [0.29, 0.717) is 13.2 Å². The maximum atomic E-state index is 12.3. The Labute approximate surface area is 99.3 Å². The van der Waals surface area contributed by atoms with Crippen LogP contribution in [0.15, 0.2) is 0 Å². The van der Waals surface area contributed by atoms with E-state index in [-0.39, 0.29) is 11.9 Å². The molecule has 1 aliphatic heterocycles. The van der Waals surface area contributed by atoms with Crippen molar-refractivity contribution in [2.45, 2.75) is 38.6 Å². The summed E-state index contributed by atoms with van der Waals surface area (Å²) in [6.07, 6.45) is 1.78. The molecule has 1 rings (SSSR count). The maximum Gasteiger partial charge on any atom is 0.359 e. The molecule has 90 valence electrons. The predicted molar refractivity (Wildman–Crippen MR) is 62.5 cm³/mol. The molecule has 0 aromatic rings. The highest BCUT2D eigenvalue weighted by atomic mass is 79.9. The Morgan fingerprint density at radius 1 is 1.33 bits per heavy atom. The largest absolute Gasteiger partial charge is 0.361 e. The van der Waals surface area contributed by atoms with Gasteiger partial charge in [0.2, 0.25) is 0 Å². The zero-order valence-corrected chi connectivity index (χ0v) is 11.6. The molecular weight excluding hydrogens is 283 g/mol. The van der Waals surface area contributed by atoms with Crippen molar-refractivity contribution in [3.63, 3.8) is 0 Å². The molecule has 1 heterocycles. The molecule has 0 amide bonds. The molecule has 1 aliphatic rings. The third-order valence-electron chi connectivity index (χ3n) is 2.23. The fourth-order valence-electron chi connectivity index (χ4n) is 1.60. The molecule has 1 saturated heterocycles. The molecule has 6 heteroatoms. The van der Waals surface area contributed by atoms with Gasteiger partial charge in [-0.25, -0.2) is 0 Å². The van der Waals surface area contributed by atoms with Crippen molar-refractivity contribution in [3.05, 3.63) is 0 Å². The Morgan fingerprint density at radius 3 is 2.33 bits per heavy atom. The third-order valence-corrected chi connectivity index (χ3v) is 5.27. The first kappa shape index (κ1) is 13.7. The predicted octanol–water partition coefficient (Wildman–Crippen LogP) is 3.15. The Hall–Kier alpha value is 0.590. The van der Waals surface area contributed by atoms with Crippen LogP contribution in [0.5, 0.6) is 0 Å². The highest BCUT2D eigenvalue weighted by Gasteiger charge is 2.41. The first-order valence-electron chi connectivity index (χ1n) is 5.26. The van der Waals surface area contributed by atoms with E-state index in [2.05, 4.69) is 15.9 Å². The first-order valence-corrected chi connectivity index (χ1v) is 7.99. The van der Waals surface area contributed by atoms with Crippen LogP contribution in [0.3, 0.4) is 0 Å². The van der Waals surface area contributed by atoms with E-state index in [0.717, 1.165) is 18.2 Å². The molecule has 0 aromatic carbocycles. The number of hydrogen-bond acceptors (Lipinski definition) is 4. The lowest BCUT2D eigenvalue weighted by Crippen LogP contribution is -2.15. The van der Waals surface area contributed by atoms with Gasteiger partial charge in [-0.05, 0) is 26.7 Å². The van der Waals surface area contributed by atoms with Crippen LogP contribution in [0, 0.1) is 0 Å². The van der Waals surface area contributed by atoms with Crippen molar-refractivity contribution < 1.29 is 18.3 Å². The summed E-state index contributed by atoms with van der Waals surface area (Å²) >= 11 is 3.35. The Balaban J connectivity index is 2.61. The average Bonchev–Trinajstić information content (AvgIpc) is 2.67. The molecule has 2 atom stereocenters. The Kier molecular flexibility index (Phi) is 5.79. The van der Waals surface area contributed by atoms with E-state index < -0.39 is 7.60 Å². The van der Waals surface area contributed by atoms with Crippen molar-refractivity contribution in [1.82, 2.24) is 0 Å². The number of ether oxygens (including phenoxy) is 1. The molecular formula is C9H18BrO4P. The summed E-state index contributed by atoms with van der Waals surface area (Å²) in [5.41, 5.74) is 0. The molecule has 0 aliphatic carbocycles. The quantitative estimate of drug-likeness (QED) is 0.558. The van der Waals surface area contributed by atoms with Gasteiger partial charge < -0.3 is 13.8 Å². The number of rotatable bonds is 6. The van der Waals surface area contributed by atoms with E-state index in [1.807, 2.05) is 13.8 Å². The minimum atomic E-state index is -3.06. The summed E-state index contributed by atoms with van der Waals surface area (Å²) in [4.78, 5) is 0. The van der Waals surface area contributed by atoms with Gasteiger partial charge in [0.05, 0.1) is 19.3 Å². The van der Waals surface area contributed by atoms with Gasteiger partial charge in [-0.1, -0.05) is 15.9 Å². The molecule has 0 N–H and O–H groups in total. The summed E-state index contributed by atoms with van der Waals surface area (Å²) in [7, 11) is -3.06. The van der Waals surface area contributed by atoms with Crippen molar-refractivity contribution in [3.8, 4) is 0 Å². The summed E-state index contributed by atoms with van der Waals surface area (Å²) in [5.74, 6) is -0.389. The smallest absolute Gasteiger partial charge is 0.359 e. The van der Waals surface area contributed by atoms with E-state index in [4.69, 9.17) is 13.8 Å². The van der Waals surface area contributed by atoms with Crippen LogP contribution in [0.2, 0.25) is 0 Å². The second-order valence-electron chi connectivity index (χ2n) is 3.32. The zero-order valence-electron chi connectivity index (χ0n) is 9.15. The van der Waals surface area contributed by atoms with Crippen molar-refractivity contribution >= 4 is 23.5 Å². The monoisotopic (exact) mass is 300 g/mol. The van der Waals surface area contributed by atoms with Gasteiger partial charge in [-0.3, -0.25) is 4.57 Å². The maximum absolute atomic E-state index is 12.3. The molecule has 0 spiro atoms. The summed E-state index contributed by atoms with van der Waals surface area (Å²) in [6.45, 7) is 4.39. The number of alkyl halides is 1. The highest BCUT2D eigenvalue weighted by molar-refractivity contribution is 9.09. The van der Waals surface area contributed by atoms with Crippen molar-refractivity contribution in [1.29, 1.82) is 0 Å². The summed E-state index contributed by atoms with van der Waals surface area (Å²) in [6, 6.07) is 0. The van der Waals surface area contributed by atoms with Crippen LogP contribution in [0.1, 0.15) is 26.7 Å². The minimum absolute atomic E-state index is 0.129. The lowest BCUT2D eigenvalue weighted by atomic mass is 10.3. The second kappa shape index (κ2) is 6.36. The molecule has 0 saturated carbocycles. The van der Waals surface area contributed by atoms with Crippen LogP contribution in [0.4, 0.5) is 0 Å². The molecule has 0 unspecified atom stereocenters. The molecule has 4 nitrogen and oxygen atoms in total. The van der Waals surface area contributed by atoms with E-state index in [1.54, 1.807) is 0 Å². The van der Waals surface area contributed by atoms with Crippen LogP contribution in [-0.4, -0.2) is 30.5 Å². The van der Waals surface area contributed by atoms with Crippen LogP contribution >= 0.6 is 23.5 Å². The number of halogens is 1. The van der Waals surface area contributed by atoms with Gasteiger partial charge >= 0.3 is 7.60 Å². The van der Waals surface area contributed by atoms with E-state index in [9.17, 15) is 4.57 Å². The zero-order chi connectivity index (χ0) is 11.3. The molecule has 1 fully saturated rings. The lowest BCUT2D eigenvalue weighted by molar-refractivity contribution is 0.0731. The van der Waals surface area contributed by atoms with Crippen molar-refractivity contribution in [2.75, 3.05) is 18.5 Å². The van der Waals surface area contributed by atoms with Crippen molar-refractivity contribution in [2.24, 2.45) is 0 Å². The topological polar surface area (TPSA) is 44.8 Å². The third kappa shape index (κ3) is 3.53. The summed E-state index contributed by atoms with van der Waals surface area (Å²) < 4.78 is 28.4. The van der Waals surface area contributed by atoms with E-state index >= 15 is 0 Å². The Bertz CT molecular complexity index is 226. The number of hydrogen-bond donors (Lipinski definition) is 0. The van der Waals surface area contributed by atoms with Gasteiger partial charge in [0.15, 0.2) is 5.85 Å². The van der Waals surface area contributed by atoms with Crippen LogP contribution < -0.4 is 0 Å². The normalized spacial score (nSPS) is 27.1. The first-order chi connectivity index (χ1) is 7.16. The molecule has 15 heavy (non-hydrogen) atoms. The molecule has 0 aromatic heterocycles. The van der Waals surface area contributed by atoms with Gasteiger partial charge in [0.1, 0.15) is 0 Å². The van der Waals surface area contributed by atoms with Gasteiger partial charge in [-0.15, -0.1) is 0 Å². The van der Waals surface area contributed by atoms with Crippen LogP contribution in [-0.2, 0) is 18.3 Å². The highest BCUT2D eigenvalue weighted by Crippen LogP contribution is 2.57. The second-order valence-corrected chi connectivity index (χ2v) is 6.14. The van der Waals surface area contributed by atoms with Gasteiger partial charge in [0, 0.05) is 5.33 Å². The van der Waals surface area contributed by atoms with Crippen LogP contribution in [0.25, 0.3) is 0 Å². The SMILES string of the molecule is CCOP(=O)(OCC)[C@H]1CC[C@H](CBr)O1. The minimum Gasteiger partial charge on any atom is -0.361 e. The molecule has 0 radical (unpaired) electrons. The molecule has 0 bridgehead atoms. The fourth-order valence-corrected chi connectivity index (χ4v) is 3.99. The fraction of sp³-hybridized carbons (Fsp3) is 1.00. The standard InChI is InChI=1S/C9H18BrO4P/c1-3-12-15(11,13-4-2)9-6-5-8(7-10)14-9/h8-9H,3-7H2,1-2H3/t8-,9+/m1/s1. The average molecular weight is 301 g/mol. The van der Waals surface area contributed by atoms with Gasteiger partial charge in [0.25, 0.3) is 0 Å². The van der Waals surface area contributed by atoms with Gasteiger partial charge in [-0.2, -0.15) is 0 Å². The summed E-state index contributed by atoms with van der Waals surface area (Å²) in [5, 5.41) is 0.766. The Morgan fingerprint density at radius 2 is 1.93 bits per heavy atom.